The number of fused-ring (bicyclic) bond motifs is 1. The first-order chi connectivity index (χ1) is 6.24. The number of hydrogen-bond acceptors (Lipinski definition) is 1. The molecule has 3 nitrogen and oxygen atoms in total. The number of aromatic nitrogens is 2. The lowest BCUT2D eigenvalue weighted by Gasteiger charge is -2.00. The molecule has 0 saturated carbocycles. The van der Waals surface area contributed by atoms with E-state index in [-0.39, 0.29) is 5.56 Å². The van der Waals surface area contributed by atoms with Crippen molar-refractivity contribution in [2.24, 2.45) is 0 Å². The molecule has 2 rings (SSSR count). The van der Waals surface area contributed by atoms with Gasteiger partial charge in [0.15, 0.2) is 0 Å². The molecule has 2 aromatic rings. The minimum absolute atomic E-state index is 0.0295. The molecule has 0 amide bonds. The van der Waals surface area contributed by atoms with Gasteiger partial charge >= 0.3 is 0 Å². The summed E-state index contributed by atoms with van der Waals surface area (Å²) in [5.41, 5.74) is 0.910. The Morgan fingerprint density at radius 2 is 2.31 bits per heavy atom. The molecule has 1 N–H and O–H groups in total. The third-order valence-electron chi connectivity index (χ3n) is 2.05. The summed E-state index contributed by atoms with van der Waals surface area (Å²) in [4.78, 5) is 11.4. The van der Waals surface area contributed by atoms with Crippen molar-refractivity contribution in [2.45, 2.75) is 13.5 Å². The maximum absolute atomic E-state index is 11.4. The van der Waals surface area contributed by atoms with E-state index < -0.39 is 0 Å². The molecule has 68 valence electrons. The topological polar surface area (TPSA) is 37.8 Å². The first kappa shape index (κ1) is 8.56. The van der Waals surface area contributed by atoms with Crippen molar-refractivity contribution in [2.75, 3.05) is 0 Å². The predicted octanol–water partition coefficient (Wildman–Crippen LogP) is 2.11. The summed E-state index contributed by atoms with van der Waals surface area (Å²) >= 11 is 3.42. The number of H-pyrrole nitrogens is 1. The van der Waals surface area contributed by atoms with Crippen LogP contribution < -0.4 is 5.56 Å². The molecule has 0 atom stereocenters. The van der Waals surface area contributed by atoms with Crippen LogP contribution in [0.3, 0.4) is 0 Å². The van der Waals surface area contributed by atoms with Crippen molar-refractivity contribution in [3.8, 4) is 0 Å². The highest BCUT2D eigenvalue weighted by molar-refractivity contribution is 9.10. The number of para-hydroxylation sites is 1. The zero-order valence-electron chi connectivity index (χ0n) is 7.17. The average molecular weight is 241 g/mol. The summed E-state index contributed by atoms with van der Waals surface area (Å²) in [5.74, 6) is 0. The van der Waals surface area contributed by atoms with E-state index in [4.69, 9.17) is 0 Å². The second-order valence-corrected chi connectivity index (χ2v) is 3.68. The van der Waals surface area contributed by atoms with E-state index in [9.17, 15) is 4.79 Å². The van der Waals surface area contributed by atoms with Gasteiger partial charge in [-0.15, -0.1) is 0 Å². The molecular weight excluding hydrogens is 232 g/mol. The van der Waals surface area contributed by atoms with E-state index in [1.807, 2.05) is 29.8 Å². The SMILES string of the molecule is CCn1[nH]c(=O)c2cccc(Br)c21. The zero-order valence-corrected chi connectivity index (χ0v) is 8.76. The number of nitrogens with one attached hydrogen (secondary N) is 1. The Bertz CT molecular complexity index is 498. The minimum Gasteiger partial charge on any atom is -0.284 e. The second kappa shape index (κ2) is 3.03. The molecule has 0 saturated heterocycles. The van der Waals surface area contributed by atoms with E-state index in [1.54, 1.807) is 0 Å². The van der Waals surface area contributed by atoms with Crippen LogP contribution in [0.1, 0.15) is 6.92 Å². The fourth-order valence-corrected chi connectivity index (χ4v) is 2.03. The fraction of sp³-hybridized carbons (Fsp3) is 0.222. The van der Waals surface area contributed by atoms with Gasteiger partial charge in [-0.2, -0.15) is 0 Å². The van der Waals surface area contributed by atoms with Gasteiger partial charge < -0.3 is 0 Å². The molecule has 0 fully saturated rings. The molecule has 0 unspecified atom stereocenters. The fourth-order valence-electron chi connectivity index (χ4n) is 1.45. The lowest BCUT2D eigenvalue weighted by molar-refractivity contribution is 0.675. The van der Waals surface area contributed by atoms with Gasteiger partial charge in [0.05, 0.1) is 10.9 Å². The Kier molecular flexibility index (Phi) is 2.00. The van der Waals surface area contributed by atoms with E-state index in [1.165, 1.54) is 0 Å². The van der Waals surface area contributed by atoms with Crippen molar-refractivity contribution in [3.05, 3.63) is 33.0 Å². The number of aryl methyl sites for hydroxylation is 1. The maximum atomic E-state index is 11.4. The lowest BCUT2D eigenvalue weighted by Crippen LogP contribution is -2.03. The van der Waals surface area contributed by atoms with Gasteiger partial charge in [-0.3, -0.25) is 14.6 Å². The van der Waals surface area contributed by atoms with Crippen LogP contribution in [0.2, 0.25) is 0 Å². The summed E-state index contributed by atoms with van der Waals surface area (Å²) in [6.07, 6.45) is 0. The molecule has 0 spiro atoms. The summed E-state index contributed by atoms with van der Waals surface area (Å²) < 4.78 is 2.78. The van der Waals surface area contributed by atoms with Crippen LogP contribution in [-0.2, 0) is 6.54 Å². The number of aromatic amines is 1. The smallest absolute Gasteiger partial charge is 0.272 e. The maximum Gasteiger partial charge on any atom is 0.272 e. The summed E-state index contributed by atoms with van der Waals surface area (Å²) in [5, 5.41) is 3.51. The van der Waals surface area contributed by atoms with E-state index >= 15 is 0 Å². The molecule has 1 aromatic heterocycles. The summed E-state index contributed by atoms with van der Waals surface area (Å²) in [6, 6.07) is 5.62. The van der Waals surface area contributed by atoms with Crippen LogP contribution in [0.15, 0.2) is 27.5 Å². The summed E-state index contributed by atoms with van der Waals surface area (Å²) in [7, 11) is 0. The predicted molar refractivity (Wildman–Crippen MR) is 55.9 cm³/mol. The van der Waals surface area contributed by atoms with Crippen molar-refractivity contribution >= 4 is 26.8 Å². The first-order valence-electron chi connectivity index (χ1n) is 4.11. The average Bonchev–Trinajstić information content (AvgIpc) is 2.45. The van der Waals surface area contributed by atoms with Crippen molar-refractivity contribution < 1.29 is 0 Å². The molecule has 0 aliphatic rings. The van der Waals surface area contributed by atoms with Gasteiger partial charge in [0, 0.05) is 11.0 Å². The third kappa shape index (κ3) is 1.21. The number of nitrogens with zero attached hydrogens (tertiary/aromatic N) is 1. The van der Waals surface area contributed by atoms with Crippen molar-refractivity contribution in [1.29, 1.82) is 0 Å². The van der Waals surface area contributed by atoms with E-state index in [0.717, 1.165) is 21.9 Å². The second-order valence-electron chi connectivity index (χ2n) is 2.82. The van der Waals surface area contributed by atoms with E-state index in [2.05, 4.69) is 21.0 Å². The molecule has 0 aliphatic heterocycles. The third-order valence-corrected chi connectivity index (χ3v) is 2.69. The molecular formula is C9H9BrN2O. The van der Waals surface area contributed by atoms with Crippen LogP contribution in [0.5, 0.6) is 0 Å². The highest BCUT2D eigenvalue weighted by Crippen LogP contribution is 2.20. The Morgan fingerprint density at radius 1 is 1.54 bits per heavy atom. The lowest BCUT2D eigenvalue weighted by atomic mass is 10.2. The van der Waals surface area contributed by atoms with Gasteiger partial charge in [-0.1, -0.05) is 6.07 Å². The quantitative estimate of drug-likeness (QED) is 0.815. The first-order valence-corrected chi connectivity index (χ1v) is 4.90. The molecule has 0 bridgehead atoms. The molecule has 1 aromatic carbocycles. The monoisotopic (exact) mass is 240 g/mol. The van der Waals surface area contributed by atoms with Crippen molar-refractivity contribution in [3.63, 3.8) is 0 Å². The van der Waals surface area contributed by atoms with Crippen LogP contribution >= 0.6 is 15.9 Å². The Labute approximate surface area is 83.5 Å². The highest BCUT2D eigenvalue weighted by Gasteiger charge is 2.07. The normalized spacial score (nSPS) is 10.9. The van der Waals surface area contributed by atoms with Crippen LogP contribution in [0, 0.1) is 0 Å². The minimum atomic E-state index is -0.0295. The van der Waals surface area contributed by atoms with Crippen LogP contribution in [-0.4, -0.2) is 9.78 Å². The van der Waals surface area contributed by atoms with Gasteiger partial charge in [-0.05, 0) is 35.0 Å². The Hall–Kier alpha value is -1.03. The largest absolute Gasteiger partial charge is 0.284 e. The van der Waals surface area contributed by atoms with Crippen LogP contribution in [0.4, 0.5) is 0 Å². The van der Waals surface area contributed by atoms with E-state index in [0.29, 0.717) is 0 Å². The van der Waals surface area contributed by atoms with Gasteiger partial charge in [0.25, 0.3) is 5.56 Å². The molecule has 4 heteroatoms. The summed E-state index contributed by atoms with van der Waals surface area (Å²) in [6.45, 7) is 2.76. The molecule has 0 aliphatic carbocycles. The Balaban J connectivity index is 2.97. The standard InChI is InChI=1S/C9H9BrN2O/c1-2-12-8-6(9(13)11-12)4-3-5-7(8)10/h3-5H,2H2,1H3,(H,11,13). The van der Waals surface area contributed by atoms with Crippen LogP contribution in [0.25, 0.3) is 10.9 Å². The number of rotatable bonds is 1. The number of halogens is 1. The van der Waals surface area contributed by atoms with Crippen molar-refractivity contribution in [1.82, 2.24) is 9.78 Å². The molecule has 13 heavy (non-hydrogen) atoms. The Morgan fingerprint density at radius 3 is 3.00 bits per heavy atom. The molecule has 1 heterocycles. The van der Waals surface area contributed by atoms with Gasteiger partial charge in [0.2, 0.25) is 0 Å². The highest BCUT2D eigenvalue weighted by atomic mass is 79.9. The van der Waals surface area contributed by atoms with Gasteiger partial charge in [0.1, 0.15) is 0 Å². The number of hydrogen-bond donors (Lipinski definition) is 1. The van der Waals surface area contributed by atoms with Gasteiger partial charge in [-0.25, -0.2) is 0 Å². The molecule has 0 radical (unpaired) electrons. The zero-order chi connectivity index (χ0) is 9.42. The number of benzene rings is 1.